The Morgan fingerprint density at radius 3 is 2.23 bits per heavy atom. The van der Waals surface area contributed by atoms with Gasteiger partial charge >= 0.3 is 6.09 Å². The van der Waals surface area contributed by atoms with Gasteiger partial charge in [-0.05, 0) is 30.9 Å². The van der Waals surface area contributed by atoms with Crippen molar-refractivity contribution >= 4 is 17.9 Å². The number of aryl methyl sites for hydroxylation is 1. The van der Waals surface area contributed by atoms with Crippen LogP contribution in [0.4, 0.5) is 4.79 Å². The quantitative estimate of drug-likeness (QED) is 0.512. The van der Waals surface area contributed by atoms with E-state index in [9.17, 15) is 14.4 Å². The van der Waals surface area contributed by atoms with Gasteiger partial charge in [0.05, 0.1) is 6.61 Å². The van der Waals surface area contributed by atoms with Crippen LogP contribution in [0.2, 0.25) is 0 Å². The summed E-state index contributed by atoms with van der Waals surface area (Å²) in [7, 11) is 0. The Balaban J connectivity index is 2.68. The van der Waals surface area contributed by atoms with Crippen molar-refractivity contribution in [2.75, 3.05) is 13.2 Å². The van der Waals surface area contributed by atoms with Gasteiger partial charge in [0, 0.05) is 24.6 Å². The largest absolute Gasteiger partial charge is 0.449 e. The fourth-order valence-corrected chi connectivity index (χ4v) is 2.50. The highest BCUT2D eigenvalue weighted by Crippen LogP contribution is 2.06. The molecule has 3 amide bonds. The summed E-state index contributed by atoms with van der Waals surface area (Å²) < 4.78 is 5.06. The molecule has 0 radical (unpaired) electrons. The number of nitrogens with one attached hydrogen (secondary N) is 3. The summed E-state index contributed by atoms with van der Waals surface area (Å²) in [5, 5.41) is 8.22. The first-order valence-electron chi connectivity index (χ1n) is 10.2. The molecule has 0 bridgehead atoms. The number of hydrogen-bond donors (Lipinski definition) is 3. The van der Waals surface area contributed by atoms with Gasteiger partial charge in [-0.15, -0.1) is 12.3 Å². The molecule has 2 atom stereocenters. The summed E-state index contributed by atoms with van der Waals surface area (Å²) in [6, 6.07) is 5.99. The van der Waals surface area contributed by atoms with E-state index in [4.69, 9.17) is 11.2 Å². The van der Waals surface area contributed by atoms with Crippen molar-refractivity contribution in [2.45, 2.75) is 53.1 Å². The Bertz CT molecular complexity index is 751. The third-order valence-electron chi connectivity index (χ3n) is 4.41. The van der Waals surface area contributed by atoms with Crippen LogP contribution in [0.3, 0.4) is 0 Å². The maximum atomic E-state index is 12.7. The molecule has 1 rings (SSSR count). The normalized spacial score (nSPS) is 12.6. The molecule has 0 spiro atoms. The van der Waals surface area contributed by atoms with Crippen molar-refractivity contribution in [1.82, 2.24) is 16.0 Å². The highest BCUT2D eigenvalue weighted by Gasteiger charge is 2.25. The van der Waals surface area contributed by atoms with Gasteiger partial charge in [-0.25, -0.2) is 4.79 Å². The van der Waals surface area contributed by atoms with Crippen LogP contribution < -0.4 is 16.0 Å². The van der Waals surface area contributed by atoms with Crippen molar-refractivity contribution in [1.29, 1.82) is 0 Å². The minimum absolute atomic E-state index is 0.0309. The summed E-state index contributed by atoms with van der Waals surface area (Å²) in [6.45, 7) is 10.1. The van der Waals surface area contributed by atoms with Crippen LogP contribution in [0, 0.1) is 31.1 Å². The molecule has 0 heterocycles. The maximum absolute atomic E-state index is 12.7. The molecule has 7 heteroatoms. The van der Waals surface area contributed by atoms with Gasteiger partial charge in [0.15, 0.2) is 0 Å². The number of ether oxygens (including phenoxy) is 1. The van der Waals surface area contributed by atoms with E-state index < -0.39 is 18.0 Å². The number of carbonyl (C=O) groups is 3. The van der Waals surface area contributed by atoms with Gasteiger partial charge in [-0.2, -0.15) is 0 Å². The van der Waals surface area contributed by atoms with Crippen molar-refractivity contribution in [2.24, 2.45) is 11.8 Å². The highest BCUT2D eigenvalue weighted by molar-refractivity contribution is 5.94. The first kappa shape index (κ1) is 25.0. The lowest BCUT2D eigenvalue weighted by Gasteiger charge is -2.25. The van der Waals surface area contributed by atoms with E-state index in [1.807, 2.05) is 46.8 Å². The Morgan fingerprint density at radius 2 is 1.70 bits per heavy atom. The van der Waals surface area contributed by atoms with E-state index in [-0.39, 0.29) is 43.4 Å². The topological polar surface area (TPSA) is 96.5 Å². The average Bonchev–Trinajstić information content (AvgIpc) is 2.69. The zero-order valence-electron chi connectivity index (χ0n) is 18.5. The van der Waals surface area contributed by atoms with Gasteiger partial charge < -0.3 is 20.7 Å². The second-order valence-electron chi connectivity index (χ2n) is 8.03. The summed E-state index contributed by atoms with van der Waals surface area (Å²) in [4.78, 5) is 37.0. The number of carbonyl (C=O) groups excluding carboxylic acids is 3. The number of rotatable bonds is 10. The van der Waals surface area contributed by atoms with Crippen LogP contribution in [0.15, 0.2) is 24.3 Å². The second kappa shape index (κ2) is 12.5. The smallest absolute Gasteiger partial charge is 0.407 e. The van der Waals surface area contributed by atoms with E-state index in [0.717, 1.165) is 5.56 Å². The lowest BCUT2D eigenvalue weighted by atomic mass is 10.0. The minimum atomic E-state index is -0.913. The van der Waals surface area contributed by atoms with Gasteiger partial charge in [-0.3, -0.25) is 9.59 Å². The molecule has 0 aromatic heterocycles. The van der Waals surface area contributed by atoms with E-state index in [0.29, 0.717) is 5.56 Å². The molecule has 1 aromatic carbocycles. The predicted octanol–water partition coefficient (Wildman–Crippen LogP) is 2.64. The summed E-state index contributed by atoms with van der Waals surface area (Å²) in [6.07, 6.45) is 4.69. The Labute approximate surface area is 179 Å². The van der Waals surface area contributed by atoms with Crippen molar-refractivity contribution in [3.63, 3.8) is 0 Å². The van der Waals surface area contributed by atoms with E-state index in [2.05, 4.69) is 21.9 Å². The van der Waals surface area contributed by atoms with Crippen LogP contribution in [-0.2, 0) is 9.53 Å². The standard InChI is InChI=1S/C23H33N3O4/c1-7-8-19(26-23(29)30-14-15(2)3)22(28)25-20(16(4)5)13-24-21(27)18-11-9-17(6)10-12-18/h1,9-12,15-16,19-20H,8,13-14H2,2-6H3,(H,24,27)(H,25,28)(H,26,29). The summed E-state index contributed by atoms with van der Waals surface area (Å²) >= 11 is 0. The molecule has 0 aliphatic carbocycles. The molecule has 0 saturated carbocycles. The molecule has 0 aliphatic heterocycles. The van der Waals surface area contributed by atoms with Gasteiger partial charge in [0.2, 0.25) is 5.91 Å². The number of benzene rings is 1. The fraction of sp³-hybridized carbons (Fsp3) is 0.522. The number of terminal acetylenes is 1. The van der Waals surface area contributed by atoms with Gasteiger partial charge in [0.25, 0.3) is 5.91 Å². The van der Waals surface area contributed by atoms with Crippen molar-refractivity contribution in [3.05, 3.63) is 35.4 Å². The lowest BCUT2D eigenvalue weighted by Crippen LogP contribution is -2.53. The molecular weight excluding hydrogens is 382 g/mol. The number of amides is 3. The van der Waals surface area contributed by atoms with Crippen LogP contribution in [-0.4, -0.2) is 43.1 Å². The molecule has 3 N–H and O–H groups in total. The molecule has 7 nitrogen and oxygen atoms in total. The van der Waals surface area contributed by atoms with E-state index in [1.54, 1.807) is 12.1 Å². The van der Waals surface area contributed by atoms with Crippen LogP contribution in [0.1, 0.15) is 50.0 Å². The van der Waals surface area contributed by atoms with Crippen LogP contribution in [0.25, 0.3) is 0 Å². The second-order valence-corrected chi connectivity index (χ2v) is 8.03. The SMILES string of the molecule is C#CCC(NC(=O)OCC(C)C)C(=O)NC(CNC(=O)c1ccc(C)cc1)C(C)C. The molecule has 0 aliphatic rings. The van der Waals surface area contributed by atoms with Crippen molar-refractivity contribution < 1.29 is 19.1 Å². The van der Waals surface area contributed by atoms with Crippen molar-refractivity contribution in [3.8, 4) is 12.3 Å². The molecule has 0 fully saturated rings. The van der Waals surface area contributed by atoms with Crippen LogP contribution in [0.5, 0.6) is 0 Å². The Kier molecular flexibility index (Phi) is 10.5. The molecule has 30 heavy (non-hydrogen) atoms. The summed E-state index contributed by atoms with van der Waals surface area (Å²) in [5.41, 5.74) is 1.62. The monoisotopic (exact) mass is 415 g/mol. The molecule has 1 aromatic rings. The Morgan fingerprint density at radius 1 is 1.07 bits per heavy atom. The minimum Gasteiger partial charge on any atom is -0.449 e. The highest BCUT2D eigenvalue weighted by atomic mass is 16.5. The predicted molar refractivity (Wildman–Crippen MR) is 117 cm³/mol. The van der Waals surface area contributed by atoms with Crippen LogP contribution >= 0.6 is 0 Å². The molecule has 164 valence electrons. The molecule has 2 unspecified atom stereocenters. The van der Waals surface area contributed by atoms with E-state index >= 15 is 0 Å². The third-order valence-corrected chi connectivity index (χ3v) is 4.41. The number of alkyl carbamates (subject to hydrolysis) is 1. The Hall–Kier alpha value is -3.01. The summed E-state index contributed by atoms with van der Waals surface area (Å²) in [5.74, 6) is 1.99. The fourth-order valence-electron chi connectivity index (χ4n) is 2.50. The van der Waals surface area contributed by atoms with Gasteiger partial charge in [-0.1, -0.05) is 45.4 Å². The van der Waals surface area contributed by atoms with E-state index in [1.165, 1.54) is 0 Å². The lowest BCUT2D eigenvalue weighted by molar-refractivity contribution is -0.124. The first-order valence-corrected chi connectivity index (χ1v) is 10.2. The number of hydrogen-bond acceptors (Lipinski definition) is 4. The molecular formula is C23H33N3O4. The average molecular weight is 416 g/mol. The zero-order chi connectivity index (χ0) is 22.7. The third kappa shape index (κ3) is 8.99. The maximum Gasteiger partial charge on any atom is 0.407 e. The first-order chi connectivity index (χ1) is 14.1. The molecule has 0 saturated heterocycles. The van der Waals surface area contributed by atoms with Gasteiger partial charge in [0.1, 0.15) is 6.04 Å². The zero-order valence-corrected chi connectivity index (χ0v) is 18.5.